The van der Waals surface area contributed by atoms with Crippen LogP contribution in [0, 0.1) is 5.92 Å². The maximum Gasteiger partial charge on any atom is 0.104 e. The second-order valence-electron chi connectivity index (χ2n) is 4.70. The van der Waals surface area contributed by atoms with Gasteiger partial charge in [0.2, 0.25) is 0 Å². The molecule has 2 unspecified atom stereocenters. The summed E-state index contributed by atoms with van der Waals surface area (Å²) in [7, 11) is 0. The van der Waals surface area contributed by atoms with Crippen LogP contribution in [0.5, 0.6) is 0 Å². The molecular weight excluding hydrogens is 286 g/mol. The lowest BCUT2D eigenvalue weighted by molar-refractivity contribution is 0.000658. The summed E-state index contributed by atoms with van der Waals surface area (Å²) in [5.74, 6) is 0.730. The highest BCUT2D eigenvalue weighted by molar-refractivity contribution is 9.11. The summed E-state index contributed by atoms with van der Waals surface area (Å²) in [6, 6.07) is 4.76. The molecule has 1 aliphatic rings. The number of thiophene rings is 1. The van der Waals surface area contributed by atoms with E-state index in [4.69, 9.17) is 4.74 Å². The van der Waals surface area contributed by atoms with Crippen LogP contribution >= 0.6 is 27.3 Å². The van der Waals surface area contributed by atoms with Gasteiger partial charge in [0.15, 0.2) is 0 Å². The zero-order valence-corrected chi connectivity index (χ0v) is 12.1. The number of nitrogens with one attached hydrogen (secondary N) is 1. The molecule has 4 heteroatoms. The third-order valence-electron chi connectivity index (χ3n) is 2.76. The van der Waals surface area contributed by atoms with E-state index >= 15 is 0 Å². The zero-order valence-electron chi connectivity index (χ0n) is 9.70. The molecule has 1 fully saturated rings. The van der Waals surface area contributed by atoms with E-state index in [9.17, 15) is 0 Å². The fraction of sp³-hybridized carbons (Fsp3) is 0.667. The lowest BCUT2D eigenvalue weighted by Crippen LogP contribution is -2.43. The van der Waals surface area contributed by atoms with E-state index in [-0.39, 0.29) is 6.10 Å². The van der Waals surface area contributed by atoms with Gasteiger partial charge in [-0.3, -0.25) is 0 Å². The molecule has 0 amide bonds. The Morgan fingerprint density at radius 1 is 1.56 bits per heavy atom. The van der Waals surface area contributed by atoms with Crippen LogP contribution in [0.3, 0.4) is 0 Å². The van der Waals surface area contributed by atoms with Gasteiger partial charge in [-0.2, -0.15) is 0 Å². The van der Waals surface area contributed by atoms with E-state index < -0.39 is 0 Å². The molecule has 1 saturated heterocycles. The molecule has 0 bridgehead atoms. The number of rotatable bonds is 3. The highest BCUT2D eigenvalue weighted by Crippen LogP contribution is 2.30. The van der Waals surface area contributed by atoms with Crippen molar-refractivity contribution in [1.29, 1.82) is 0 Å². The van der Waals surface area contributed by atoms with Gasteiger partial charge < -0.3 is 10.1 Å². The summed E-state index contributed by atoms with van der Waals surface area (Å²) in [4.78, 5) is 1.31. The normalized spacial score (nSPS) is 26.2. The molecule has 1 aromatic heterocycles. The minimum absolute atomic E-state index is 0.236. The Kier molecular flexibility index (Phi) is 4.41. The van der Waals surface area contributed by atoms with Crippen LogP contribution in [0.2, 0.25) is 0 Å². The Balaban J connectivity index is 1.85. The fourth-order valence-corrected chi connectivity index (χ4v) is 3.50. The minimum atomic E-state index is 0.236. The predicted octanol–water partition coefficient (Wildman–Crippen LogP) is 3.59. The average molecular weight is 304 g/mol. The number of morpholine rings is 1. The second kappa shape index (κ2) is 5.63. The Morgan fingerprint density at radius 3 is 2.88 bits per heavy atom. The van der Waals surface area contributed by atoms with Crippen molar-refractivity contribution in [2.45, 2.75) is 32.4 Å². The largest absolute Gasteiger partial charge is 0.370 e. The smallest absolute Gasteiger partial charge is 0.104 e. The van der Waals surface area contributed by atoms with Gasteiger partial charge in [-0.05, 0) is 40.4 Å². The maximum absolute atomic E-state index is 5.92. The van der Waals surface area contributed by atoms with E-state index in [1.165, 1.54) is 15.1 Å². The zero-order chi connectivity index (χ0) is 11.5. The van der Waals surface area contributed by atoms with Crippen molar-refractivity contribution in [2.75, 3.05) is 13.2 Å². The van der Waals surface area contributed by atoms with Crippen LogP contribution in [0.1, 0.15) is 31.2 Å². The lowest BCUT2D eigenvalue weighted by atomic mass is 10.0. The van der Waals surface area contributed by atoms with Crippen LogP contribution in [0.15, 0.2) is 15.9 Å². The maximum atomic E-state index is 5.92. The highest BCUT2D eigenvalue weighted by Gasteiger charge is 2.23. The first-order valence-corrected chi connectivity index (χ1v) is 7.36. The van der Waals surface area contributed by atoms with Crippen LogP contribution in [-0.4, -0.2) is 19.2 Å². The molecule has 2 rings (SSSR count). The molecule has 16 heavy (non-hydrogen) atoms. The molecule has 2 heterocycles. The van der Waals surface area contributed by atoms with Crippen molar-refractivity contribution in [3.63, 3.8) is 0 Å². The van der Waals surface area contributed by atoms with Crippen LogP contribution < -0.4 is 5.32 Å². The summed E-state index contributed by atoms with van der Waals surface area (Å²) in [6.07, 6.45) is 1.43. The number of hydrogen-bond donors (Lipinski definition) is 1. The fourth-order valence-electron chi connectivity index (χ4n) is 2.03. The molecule has 1 aliphatic heterocycles. The number of ether oxygens (including phenoxy) is 1. The molecule has 2 atom stereocenters. The van der Waals surface area contributed by atoms with Gasteiger partial charge in [0.05, 0.1) is 10.4 Å². The Hall–Kier alpha value is 0.1000. The van der Waals surface area contributed by atoms with Gasteiger partial charge in [-0.1, -0.05) is 13.8 Å². The predicted molar refractivity (Wildman–Crippen MR) is 72.0 cm³/mol. The van der Waals surface area contributed by atoms with Crippen molar-refractivity contribution >= 4 is 27.3 Å². The molecule has 1 N–H and O–H groups in total. The third kappa shape index (κ3) is 3.29. The first-order chi connectivity index (χ1) is 7.65. The molecule has 0 saturated carbocycles. The number of hydrogen-bond acceptors (Lipinski definition) is 3. The Labute approximate surface area is 110 Å². The number of halogens is 1. The quantitative estimate of drug-likeness (QED) is 0.921. The van der Waals surface area contributed by atoms with Crippen molar-refractivity contribution in [1.82, 2.24) is 5.32 Å². The first-order valence-electron chi connectivity index (χ1n) is 5.75. The third-order valence-corrected chi connectivity index (χ3v) is 4.47. The van der Waals surface area contributed by atoms with Crippen LogP contribution in [0.4, 0.5) is 0 Å². The van der Waals surface area contributed by atoms with Crippen molar-refractivity contribution in [3.05, 3.63) is 20.8 Å². The molecule has 0 spiro atoms. The summed E-state index contributed by atoms with van der Waals surface area (Å²) in [6.45, 7) is 6.27. The molecule has 0 aromatic carbocycles. The standard InChI is InChI=1S/C12H18BrNOS/c1-8(2)5-9-7-15-10(6-14-9)11-3-4-12(13)16-11/h3-4,8-10,14H,5-7H2,1-2H3. The van der Waals surface area contributed by atoms with Crippen molar-refractivity contribution < 1.29 is 4.74 Å². The van der Waals surface area contributed by atoms with Crippen LogP contribution in [0.25, 0.3) is 0 Å². The van der Waals surface area contributed by atoms with Crippen molar-refractivity contribution in [2.24, 2.45) is 5.92 Å². The van der Waals surface area contributed by atoms with Gasteiger partial charge >= 0.3 is 0 Å². The summed E-state index contributed by atoms with van der Waals surface area (Å²) in [5, 5.41) is 3.57. The topological polar surface area (TPSA) is 21.3 Å². The lowest BCUT2D eigenvalue weighted by Gasteiger charge is -2.30. The second-order valence-corrected chi connectivity index (χ2v) is 7.19. The average Bonchev–Trinajstić information content (AvgIpc) is 2.65. The minimum Gasteiger partial charge on any atom is -0.370 e. The molecule has 0 radical (unpaired) electrons. The molecule has 90 valence electrons. The van der Waals surface area contributed by atoms with E-state index in [1.54, 1.807) is 11.3 Å². The van der Waals surface area contributed by atoms with Gasteiger partial charge in [0.25, 0.3) is 0 Å². The molecule has 1 aromatic rings. The Bertz CT molecular complexity index is 332. The molecule has 0 aliphatic carbocycles. The SMILES string of the molecule is CC(C)CC1COC(c2ccc(Br)s2)CN1. The van der Waals surface area contributed by atoms with Gasteiger partial charge in [-0.25, -0.2) is 0 Å². The van der Waals surface area contributed by atoms with Crippen LogP contribution in [-0.2, 0) is 4.74 Å². The van der Waals surface area contributed by atoms with E-state index in [0.717, 1.165) is 19.1 Å². The molecule has 2 nitrogen and oxygen atoms in total. The monoisotopic (exact) mass is 303 g/mol. The van der Waals surface area contributed by atoms with Crippen molar-refractivity contribution in [3.8, 4) is 0 Å². The Morgan fingerprint density at radius 2 is 2.38 bits per heavy atom. The van der Waals surface area contributed by atoms with Gasteiger partial charge in [-0.15, -0.1) is 11.3 Å². The molecular formula is C12H18BrNOS. The van der Waals surface area contributed by atoms with E-state index in [2.05, 4.69) is 47.2 Å². The highest BCUT2D eigenvalue weighted by atomic mass is 79.9. The summed E-state index contributed by atoms with van der Waals surface area (Å²) in [5.41, 5.74) is 0. The van der Waals surface area contributed by atoms with Gasteiger partial charge in [0, 0.05) is 17.5 Å². The summed E-state index contributed by atoms with van der Waals surface area (Å²) >= 11 is 5.25. The van der Waals surface area contributed by atoms with Gasteiger partial charge in [0.1, 0.15) is 6.10 Å². The van der Waals surface area contributed by atoms with E-state index in [1.807, 2.05) is 0 Å². The first kappa shape index (κ1) is 12.6. The summed E-state index contributed by atoms with van der Waals surface area (Å²) < 4.78 is 7.09. The van der Waals surface area contributed by atoms with E-state index in [0.29, 0.717) is 6.04 Å².